The lowest BCUT2D eigenvalue weighted by Gasteiger charge is -2.25. The Morgan fingerprint density at radius 2 is 2.45 bits per heavy atom. The van der Waals surface area contributed by atoms with E-state index < -0.39 is 6.10 Å². The highest BCUT2D eigenvalue weighted by Gasteiger charge is 2.29. The second-order valence-corrected chi connectivity index (χ2v) is 2.69. The number of nitrogens with one attached hydrogen (secondary N) is 1. The van der Waals surface area contributed by atoms with Crippen molar-refractivity contribution < 1.29 is 14.6 Å². The molecule has 0 bridgehead atoms. The minimum atomic E-state index is -0.538. The smallest absolute Gasteiger partial charge is 0.312 e. The van der Waals surface area contributed by atoms with Crippen molar-refractivity contribution in [3.05, 3.63) is 0 Å². The lowest BCUT2D eigenvalue weighted by atomic mass is 9.96. The van der Waals surface area contributed by atoms with Crippen LogP contribution in [0.4, 0.5) is 0 Å². The van der Waals surface area contributed by atoms with Gasteiger partial charge in [-0.3, -0.25) is 4.79 Å². The molecule has 0 aliphatic carbocycles. The average Bonchev–Trinajstić information content (AvgIpc) is 2.04. The number of piperidine rings is 1. The highest BCUT2D eigenvalue weighted by Crippen LogP contribution is 2.11. The fourth-order valence-electron chi connectivity index (χ4n) is 1.24. The van der Waals surface area contributed by atoms with Gasteiger partial charge in [-0.2, -0.15) is 0 Å². The molecule has 0 radical (unpaired) electrons. The number of aliphatic hydroxyl groups excluding tert-OH is 1. The SMILES string of the molecule is COC(=O)[C@H]1CNCC[C@H]1O. The van der Waals surface area contributed by atoms with E-state index in [9.17, 15) is 9.90 Å². The maximum Gasteiger partial charge on any atom is 0.312 e. The highest BCUT2D eigenvalue weighted by molar-refractivity contribution is 5.73. The van der Waals surface area contributed by atoms with Crippen molar-refractivity contribution in [1.82, 2.24) is 5.32 Å². The van der Waals surface area contributed by atoms with Gasteiger partial charge in [0.2, 0.25) is 0 Å². The van der Waals surface area contributed by atoms with E-state index in [4.69, 9.17) is 0 Å². The minimum Gasteiger partial charge on any atom is -0.469 e. The standard InChI is InChI=1S/C7H13NO3/c1-11-7(10)5-4-8-3-2-6(5)9/h5-6,8-9H,2-4H2,1H3/t5-,6+/m0/s1. The second-order valence-electron chi connectivity index (χ2n) is 2.69. The zero-order valence-corrected chi connectivity index (χ0v) is 6.54. The average molecular weight is 159 g/mol. The van der Waals surface area contributed by atoms with Crippen LogP contribution < -0.4 is 5.32 Å². The summed E-state index contributed by atoms with van der Waals surface area (Å²) < 4.78 is 4.52. The number of esters is 1. The maximum atomic E-state index is 11.0. The molecule has 1 saturated heterocycles. The Labute approximate surface area is 65.5 Å². The molecule has 0 unspecified atom stereocenters. The van der Waals surface area contributed by atoms with E-state index >= 15 is 0 Å². The van der Waals surface area contributed by atoms with Crippen molar-refractivity contribution in [3.63, 3.8) is 0 Å². The molecule has 0 saturated carbocycles. The van der Waals surface area contributed by atoms with E-state index in [1.54, 1.807) is 0 Å². The predicted octanol–water partition coefficient (Wildman–Crippen LogP) is -0.870. The summed E-state index contributed by atoms with van der Waals surface area (Å²) in [5, 5.41) is 12.3. The van der Waals surface area contributed by atoms with Crippen LogP contribution in [-0.2, 0) is 9.53 Å². The minimum absolute atomic E-state index is 0.329. The third-order valence-corrected chi connectivity index (χ3v) is 1.95. The van der Waals surface area contributed by atoms with Crippen molar-refractivity contribution in [1.29, 1.82) is 0 Å². The fourth-order valence-corrected chi connectivity index (χ4v) is 1.24. The number of methoxy groups -OCH3 is 1. The second kappa shape index (κ2) is 3.69. The molecule has 2 N–H and O–H groups in total. The number of ether oxygens (including phenoxy) is 1. The van der Waals surface area contributed by atoms with E-state index in [1.807, 2.05) is 0 Å². The van der Waals surface area contributed by atoms with Crippen LogP contribution in [0, 0.1) is 5.92 Å². The zero-order valence-electron chi connectivity index (χ0n) is 6.54. The molecule has 64 valence electrons. The van der Waals surface area contributed by atoms with Gasteiger partial charge in [-0.25, -0.2) is 0 Å². The van der Waals surface area contributed by atoms with Crippen LogP contribution in [0.1, 0.15) is 6.42 Å². The Morgan fingerprint density at radius 1 is 1.73 bits per heavy atom. The van der Waals surface area contributed by atoms with Crippen LogP contribution in [0.25, 0.3) is 0 Å². The molecule has 11 heavy (non-hydrogen) atoms. The third-order valence-electron chi connectivity index (χ3n) is 1.95. The van der Waals surface area contributed by atoms with Crippen molar-refractivity contribution >= 4 is 5.97 Å². The van der Waals surface area contributed by atoms with Gasteiger partial charge in [-0.05, 0) is 13.0 Å². The van der Waals surface area contributed by atoms with Crippen molar-refractivity contribution in [2.24, 2.45) is 5.92 Å². The molecular weight excluding hydrogens is 146 g/mol. The summed E-state index contributed by atoms with van der Waals surface area (Å²) in [5.41, 5.74) is 0. The summed E-state index contributed by atoms with van der Waals surface area (Å²) in [6.07, 6.45) is 0.0865. The van der Waals surface area contributed by atoms with Crippen LogP contribution >= 0.6 is 0 Å². The molecular formula is C7H13NO3. The van der Waals surface area contributed by atoms with Crippen molar-refractivity contribution in [3.8, 4) is 0 Å². The molecule has 1 rings (SSSR count). The molecule has 1 heterocycles. The molecule has 0 amide bonds. The molecule has 0 aromatic carbocycles. The monoisotopic (exact) mass is 159 g/mol. The molecule has 0 aromatic rings. The summed E-state index contributed by atoms with van der Waals surface area (Å²) in [4.78, 5) is 11.0. The van der Waals surface area contributed by atoms with Gasteiger partial charge in [0.25, 0.3) is 0 Å². The quantitative estimate of drug-likeness (QED) is 0.488. The highest BCUT2D eigenvalue weighted by atomic mass is 16.5. The van der Waals surface area contributed by atoms with Crippen molar-refractivity contribution in [2.75, 3.05) is 20.2 Å². The lowest BCUT2D eigenvalue weighted by molar-refractivity contribution is -0.150. The summed E-state index contributed by atoms with van der Waals surface area (Å²) in [5.74, 6) is -0.710. The summed E-state index contributed by atoms with van der Waals surface area (Å²) in [6, 6.07) is 0. The Balaban J connectivity index is 2.47. The van der Waals surface area contributed by atoms with Crippen LogP contribution in [-0.4, -0.2) is 37.4 Å². The fraction of sp³-hybridized carbons (Fsp3) is 0.857. The van der Waals surface area contributed by atoms with Gasteiger partial charge in [0.05, 0.1) is 19.1 Å². The molecule has 4 nitrogen and oxygen atoms in total. The van der Waals surface area contributed by atoms with Gasteiger partial charge in [0.1, 0.15) is 0 Å². The molecule has 1 aliphatic heterocycles. The summed E-state index contributed by atoms with van der Waals surface area (Å²) >= 11 is 0. The van der Waals surface area contributed by atoms with Gasteiger partial charge < -0.3 is 15.2 Å². The first-order chi connectivity index (χ1) is 5.25. The molecule has 0 aromatic heterocycles. The predicted molar refractivity (Wildman–Crippen MR) is 39.0 cm³/mol. The van der Waals surface area contributed by atoms with Gasteiger partial charge in [-0.15, -0.1) is 0 Å². The molecule has 1 fully saturated rings. The van der Waals surface area contributed by atoms with E-state index in [1.165, 1.54) is 7.11 Å². The Bertz CT molecular complexity index is 149. The van der Waals surface area contributed by atoms with Gasteiger partial charge in [-0.1, -0.05) is 0 Å². The van der Waals surface area contributed by atoms with Crippen LogP contribution in [0.15, 0.2) is 0 Å². The van der Waals surface area contributed by atoms with Gasteiger partial charge >= 0.3 is 5.97 Å². The number of rotatable bonds is 1. The van der Waals surface area contributed by atoms with Crippen LogP contribution in [0.3, 0.4) is 0 Å². The zero-order chi connectivity index (χ0) is 8.27. The van der Waals surface area contributed by atoms with Crippen molar-refractivity contribution in [2.45, 2.75) is 12.5 Å². The molecule has 2 atom stereocenters. The molecule has 1 aliphatic rings. The summed E-state index contributed by atoms with van der Waals surface area (Å²) in [7, 11) is 1.34. The molecule has 4 heteroatoms. The van der Waals surface area contributed by atoms with Crippen LogP contribution in [0.5, 0.6) is 0 Å². The number of carbonyl (C=O) groups excluding carboxylic acids is 1. The largest absolute Gasteiger partial charge is 0.469 e. The maximum absolute atomic E-state index is 11.0. The van der Waals surface area contributed by atoms with Gasteiger partial charge in [0.15, 0.2) is 0 Å². The summed E-state index contributed by atoms with van der Waals surface area (Å²) in [6.45, 7) is 1.29. The van der Waals surface area contributed by atoms with Crippen LogP contribution in [0.2, 0.25) is 0 Å². The normalized spacial score (nSPS) is 31.5. The lowest BCUT2D eigenvalue weighted by Crippen LogP contribution is -2.44. The Kier molecular flexibility index (Phi) is 2.84. The van der Waals surface area contributed by atoms with E-state index in [-0.39, 0.29) is 11.9 Å². The van der Waals surface area contributed by atoms with E-state index in [0.29, 0.717) is 13.0 Å². The number of aliphatic hydroxyl groups is 1. The number of hydrogen-bond acceptors (Lipinski definition) is 4. The first kappa shape index (κ1) is 8.49. The van der Waals surface area contributed by atoms with E-state index in [0.717, 1.165) is 6.54 Å². The Hall–Kier alpha value is -0.610. The first-order valence-corrected chi connectivity index (χ1v) is 3.72. The van der Waals surface area contributed by atoms with Gasteiger partial charge in [0, 0.05) is 6.54 Å². The first-order valence-electron chi connectivity index (χ1n) is 3.72. The number of hydrogen-bond donors (Lipinski definition) is 2. The topological polar surface area (TPSA) is 58.6 Å². The Morgan fingerprint density at radius 3 is 3.00 bits per heavy atom. The molecule has 0 spiro atoms. The van der Waals surface area contributed by atoms with E-state index in [2.05, 4.69) is 10.1 Å². The third kappa shape index (κ3) is 1.91. The number of carbonyl (C=O) groups is 1.